The van der Waals surface area contributed by atoms with E-state index >= 15 is 0 Å². The van der Waals surface area contributed by atoms with Gasteiger partial charge in [-0.2, -0.15) is 0 Å². The van der Waals surface area contributed by atoms with Crippen molar-refractivity contribution in [3.8, 4) is 12.0 Å². The molecule has 3 aliphatic heterocycles. The Kier molecular flexibility index (Phi) is 6.06. The fourth-order valence-corrected chi connectivity index (χ4v) is 3.72. The molecular formula is C18H31N4O3+. The van der Waals surface area contributed by atoms with E-state index in [1.54, 1.807) is 0 Å². The Bertz CT molecular complexity index is 533. The van der Waals surface area contributed by atoms with E-state index in [2.05, 4.69) is 28.8 Å². The van der Waals surface area contributed by atoms with Gasteiger partial charge in [-0.1, -0.05) is 26.7 Å². The number of ether oxygens (including phenoxy) is 2. The predicted octanol–water partition coefficient (Wildman–Crippen LogP) is 2.32. The molecule has 140 valence electrons. The first-order valence-corrected chi connectivity index (χ1v) is 9.73. The van der Waals surface area contributed by atoms with Crippen LogP contribution in [0, 0.1) is 5.92 Å². The maximum atomic E-state index is 10.4. The Hall–Kier alpha value is -1.47. The number of aromatic nitrogens is 3. The Morgan fingerprint density at radius 2 is 1.52 bits per heavy atom. The summed E-state index contributed by atoms with van der Waals surface area (Å²) in [5, 5.41) is 10.4. The molecule has 4 rings (SSSR count). The molecule has 3 saturated heterocycles. The van der Waals surface area contributed by atoms with Gasteiger partial charge in [-0.3, -0.25) is 4.48 Å². The van der Waals surface area contributed by atoms with Gasteiger partial charge < -0.3 is 14.6 Å². The molecule has 7 nitrogen and oxygen atoms in total. The number of rotatable bonds is 9. The lowest BCUT2D eigenvalue weighted by Gasteiger charge is -2.48. The number of nitrogens with zero attached hydrogens (tertiary/aromatic N) is 4. The Morgan fingerprint density at radius 1 is 0.960 bits per heavy atom. The molecule has 3 aliphatic rings. The van der Waals surface area contributed by atoms with Gasteiger partial charge in [0.05, 0.1) is 26.3 Å². The number of piperidine rings is 3. The average molecular weight is 351 g/mol. The second-order valence-corrected chi connectivity index (χ2v) is 7.28. The Balaban J connectivity index is 1.83. The number of aliphatic hydroxyl groups is 1. The van der Waals surface area contributed by atoms with Crippen LogP contribution < -0.4 is 14.0 Å². The lowest BCUT2D eigenvalue weighted by molar-refractivity contribution is -0.0227. The van der Waals surface area contributed by atoms with E-state index in [1.807, 2.05) is 0 Å². The highest BCUT2D eigenvalue weighted by atomic mass is 16.5. The van der Waals surface area contributed by atoms with Crippen molar-refractivity contribution in [2.45, 2.75) is 58.5 Å². The topological polar surface area (TPSA) is 77.4 Å². The molecule has 4 heterocycles. The van der Waals surface area contributed by atoms with Crippen LogP contribution in [0.2, 0.25) is 0 Å². The van der Waals surface area contributed by atoms with Gasteiger partial charge in [0, 0.05) is 18.8 Å². The molecule has 1 aromatic rings. The first-order chi connectivity index (χ1) is 12.2. The van der Waals surface area contributed by atoms with Crippen LogP contribution in [0.3, 0.4) is 0 Å². The van der Waals surface area contributed by atoms with Gasteiger partial charge in [0.1, 0.15) is 12.6 Å². The average Bonchev–Trinajstić information content (AvgIpc) is 2.63. The monoisotopic (exact) mass is 351 g/mol. The summed E-state index contributed by atoms with van der Waals surface area (Å²) in [4.78, 5) is 13.5. The Labute approximate surface area is 150 Å². The smallest absolute Gasteiger partial charge is 0.338 e. The van der Waals surface area contributed by atoms with E-state index in [4.69, 9.17) is 9.47 Å². The van der Waals surface area contributed by atoms with E-state index in [0.29, 0.717) is 48.1 Å². The minimum absolute atomic E-state index is 0.270. The molecule has 0 amide bonds. The molecule has 25 heavy (non-hydrogen) atoms. The van der Waals surface area contributed by atoms with Crippen LogP contribution in [0.1, 0.15) is 52.4 Å². The third kappa shape index (κ3) is 4.20. The largest absolute Gasteiger partial charge is 0.463 e. The van der Waals surface area contributed by atoms with Crippen LogP contribution >= 0.6 is 0 Å². The van der Waals surface area contributed by atoms with Crippen molar-refractivity contribution in [2.75, 3.05) is 32.8 Å². The molecule has 0 aromatic carbocycles. The van der Waals surface area contributed by atoms with Crippen molar-refractivity contribution in [2.24, 2.45) is 5.92 Å². The molecule has 1 atom stereocenters. The molecule has 1 unspecified atom stereocenters. The van der Waals surface area contributed by atoms with E-state index in [9.17, 15) is 5.11 Å². The minimum atomic E-state index is -0.270. The zero-order valence-corrected chi connectivity index (χ0v) is 15.5. The molecule has 1 N–H and O–H groups in total. The number of fused-ring (bicyclic) bond motifs is 3. The van der Waals surface area contributed by atoms with Crippen LogP contribution in [0.15, 0.2) is 0 Å². The van der Waals surface area contributed by atoms with Crippen molar-refractivity contribution in [1.82, 2.24) is 19.4 Å². The lowest BCUT2D eigenvalue weighted by Crippen LogP contribution is -2.65. The van der Waals surface area contributed by atoms with E-state index in [-0.39, 0.29) is 6.10 Å². The summed E-state index contributed by atoms with van der Waals surface area (Å²) in [5.74, 6) is 1.12. The second-order valence-electron chi connectivity index (χ2n) is 7.28. The number of hydrogen-bond acceptors (Lipinski definition) is 6. The summed E-state index contributed by atoms with van der Waals surface area (Å²) >= 11 is 0. The quantitative estimate of drug-likeness (QED) is 0.543. The summed E-state index contributed by atoms with van der Waals surface area (Å²) < 4.78 is 12.1. The summed E-state index contributed by atoms with van der Waals surface area (Å²) in [5.41, 5.74) is 0. The molecule has 0 aliphatic carbocycles. The van der Waals surface area contributed by atoms with E-state index in [0.717, 1.165) is 51.6 Å². The minimum Gasteiger partial charge on any atom is -0.463 e. The van der Waals surface area contributed by atoms with Crippen LogP contribution in [0.5, 0.6) is 12.0 Å². The highest BCUT2D eigenvalue weighted by molar-refractivity contribution is 5.31. The van der Waals surface area contributed by atoms with Crippen LogP contribution in [0.25, 0.3) is 0 Å². The fraction of sp³-hybridized carbons (Fsp3) is 0.833. The molecule has 3 fully saturated rings. The van der Waals surface area contributed by atoms with Crippen molar-refractivity contribution in [3.05, 3.63) is 0 Å². The second kappa shape index (κ2) is 8.27. The van der Waals surface area contributed by atoms with Crippen molar-refractivity contribution >= 4 is 5.95 Å². The highest BCUT2D eigenvalue weighted by Crippen LogP contribution is 2.37. The van der Waals surface area contributed by atoms with Gasteiger partial charge in [0.25, 0.3) is 0 Å². The van der Waals surface area contributed by atoms with Gasteiger partial charge in [-0.25, -0.2) is 0 Å². The number of unbranched alkanes of at least 4 members (excludes halogenated alkanes) is 2. The van der Waals surface area contributed by atoms with Crippen LogP contribution in [-0.2, 0) is 0 Å². The van der Waals surface area contributed by atoms with Crippen molar-refractivity contribution < 1.29 is 14.6 Å². The SMILES string of the molecule is CCCCOc1nc(OCCCC)nc([N+]23CCC(CC2)C(O)C3)n1. The van der Waals surface area contributed by atoms with E-state index < -0.39 is 0 Å². The molecule has 0 radical (unpaired) electrons. The predicted molar refractivity (Wildman–Crippen MR) is 95.8 cm³/mol. The standard InChI is InChI=1S/C18H31N4O3/c1-3-5-11-24-17-19-16(20-18(21-17)25-12-6-4-2)22-9-7-14(8-10-22)15(23)13-22/h14-15,23H,3-13H2,1-2H3/q+1. The summed E-state index contributed by atoms with van der Waals surface area (Å²) in [7, 11) is 0. The van der Waals surface area contributed by atoms with Gasteiger partial charge in [0.2, 0.25) is 0 Å². The number of hydrogen-bond donors (Lipinski definition) is 1. The summed E-state index contributed by atoms with van der Waals surface area (Å²) in [6.45, 7) is 8.05. The normalized spacial score (nSPS) is 28.1. The zero-order chi connectivity index (χ0) is 17.7. The molecule has 1 aromatic heterocycles. The third-order valence-corrected chi connectivity index (χ3v) is 5.40. The van der Waals surface area contributed by atoms with Crippen molar-refractivity contribution in [1.29, 1.82) is 0 Å². The molecule has 0 saturated carbocycles. The number of quaternary nitrogens is 1. The maximum Gasteiger partial charge on any atom is 0.338 e. The number of aliphatic hydroxyl groups excluding tert-OH is 1. The van der Waals surface area contributed by atoms with Gasteiger partial charge in [-0.05, 0) is 12.8 Å². The summed E-state index contributed by atoms with van der Waals surface area (Å²) in [6.07, 6.45) is 5.82. The molecule has 2 bridgehead atoms. The first-order valence-electron chi connectivity index (χ1n) is 9.73. The first kappa shape index (κ1) is 18.3. The van der Waals surface area contributed by atoms with Gasteiger partial charge in [0.15, 0.2) is 0 Å². The highest BCUT2D eigenvalue weighted by Gasteiger charge is 2.49. The molecule has 0 spiro atoms. The van der Waals surface area contributed by atoms with Crippen LogP contribution in [-0.4, -0.2) is 59.0 Å². The van der Waals surface area contributed by atoms with Gasteiger partial charge >= 0.3 is 18.0 Å². The third-order valence-electron chi connectivity index (χ3n) is 5.40. The summed E-state index contributed by atoms with van der Waals surface area (Å²) in [6, 6.07) is 0.694. The van der Waals surface area contributed by atoms with Crippen LogP contribution in [0.4, 0.5) is 5.95 Å². The molecule has 7 heteroatoms. The van der Waals surface area contributed by atoms with E-state index in [1.165, 1.54) is 0 Å². The van der Waals surface area contributed by atoms with Gasteiger partial charge in [-0.15, -0.1) is 15.0 Å². The lowest BCUT2D eigenvalue weighted by atomic mass is 9.84. The van der Waals surface area contributed by atoms with Crippen molar-refractivity contribution in [3.63, 3.8) is 0 Å². The fourth-order valence-electron chi connectivity index (χ4n) is 3.72. The zero-order valence-electron chi connectivity index (χ0n) is 15.5. The Morgan fingerprint density at radius 3 is 2.00 bits per heavy atom. The molecular weight excluding hydrogens is 320 g/mol. The maximum absolute atomic E-state index is 10.4.